The van der Waals surface area contributed by atoms with Crippen LogP contribution in [0.15, 0.2) is 42.9 Å². The molecule has 0 spiro atoms. The second-order valence-electron chi connectivity index (χ2n) is 5.02. The maximum atomic E-state index is 13.8. The van der Waals surface area contributed by atoms with Crippen molar-refractivity contribution in [3.8, 4) is 0 Å². The average molecular weight is 370 g/mol. The molecule has 1 aromatic carbocycles. The SMILES string of the molecule is O=C(Nc1cnn(Cc2c(F)cccc2Cl)c1)c1ccnn1C(F)F. The van der Waals surface area contributed by atoms with Crippen molar-refractivity contribution in [1.29, 1.82) is 0 Å². The van der Waals surface area contributed by atoms with Crippen molar-refractivity contribution in [3.63, 3.8) is 0 Å². The zero-order valence-corrected chi connectivity index (χ0v) is 13.3. The first-order valence-corrected chi connectivity index (χ1v) is 7.42. The van der Waals surface area contributed by atoms with Gasteiger partial charge >= 0.3 is 6.55 Å². The molecule has 1 amide bonds. The lowest BCUT2D eigenvalue weighted by Crippen LogP contribution is -2.18. The monoisotopic (exact) mass is 369 g/mol. The number of benzene rings is 1. The molecule has 0 fully saturated rings. The van der Waals surface area contributed by atoms with Crippen LogP contribution in [-0.2, 0) is 6.54 Å². The molecule has 3 rings (SSSR count). The minimum atomic E-state index is -2.93. The van der Waals surface area contributed by atoms with Crippen molar-refractivity contribution in [2.24, 2.45) is 0 Å². The topological polar surface area (TPSA) is 64.7 Å². The van der Waals surface area contributed by atoms with Crippen molar-refractivity contribution < 1.29 is 18.0 Å². The Balaban J connectivity index is 1.74. The van der Waals surface area contributed by atoms with E-state index in [2.05, 4.69) is 15.5 Å². The fourth-order valence-electron chi connectivity index (χ4n) is 2.20. The highest BCUT2D eigenvalue weighted by atomic mass is 35.5. The Labute approximate surface area is 144 Å². The first-order valence-electron chi connectivity index (χ1n) is 7.04. The standard InChI is InChI=1S/C15H11ClF3N5O/c16-11-2-1-3-12(17)10(11)8-23-7-9(6-21-23)22-14(25)13-4-5-20-24(13)15(18)19/h1-7,15H,8H2,(H,22,25). The van der Waals surface area contributed by atoms with Crippen LogP contribution < -0.4 is 5.32 Å². The van der Waals surface area contributed by atoms with Gasteiger partial charge in [-0.05, 0) is 18.2 Å². The molecule has 0 aliphatic heterocycles. The molecule has 0 saturated heterocycles. The first kappa shape index (κ1) is 17.0. The first-order chi connectivity index (χ1) is 12.0. The third-order valence-corrected chi connectivity index (χ3v) is 3.71. The zero-order chi connectivity index (χ0) is 18.0. The van der Waals surface area contributed by atoms with E-state index >= 15 is 0 Å². The minimum Gasteiger partial charge on any atom is -0.318 e. The number of anilines is 1. The molecular formula is C15H11ClF3N5O. The number of carbonyl (C=O) groups excluding carboxylic acids is 1. The Morgan fingerprint density at radius 2 is 2.08 bits per heavy atom. The Kier molecular flexibility index (Phi) is 4.75. The van der Waals surface area contributed by atoms with Crippen LogP contribution in [0, 0.1) is 5.82 Å². The highest BCUT2D eigenvalue weighted by Crippen LogP contribution is 2.20. The van der Waals surface area contributed by atoms with Crippen molar-refractivity contribution in [2.45, 2.75) is 13.1 Å². The summed E-state index contributed by atoms with van der Waals surface area (Å²) in [4.78, 5) is 12.1. The Bertz CT molecular complexity index is 888. The molecule has 0 atom stereocenters. The van der Waals surface area contributed by atoms with E-state index in [0.717, 1.165) is 6.20 Å². The van der Waals surface area contributed by atoms with E-state index in [1.165, 1.54) is 35.3 Å². The molecular weight excluding hydrogens is 359 g/mol. The van der Waals surface area contributed by atoms with Crippen molar-refractivity contribution in [2.75, 3.05) is 5.32 Å². The van der Waals surface area contributed by atoms with E-state index in [0.29, 0.717) is 4.68 Å². The predicted octanol–water partition coefficient (Wildman–Crippen LogP) is 3.57. The molecule has 0 saturated carbocycles. The largest absolute Gasteiger partial charge is 0.333 e. The quantitative estimate of drug-likeness (QED) is 0.747. The third kappa shape index (κ3) is 3.66. The van der Waals surface area contributed by atoms with Crippen LogP contribution in [0.1, 0.15) is 22.6 Å². The van der Waals surface area contributed by atoms with Gasteiger partial charge in [-0.25, -0.2) is 4.39 Å². The number of rotatable bonds is 5. The number of hydrogen-bond acceptors (Lipinski definition) is 3. The second kappa shape index (κ2) is 6.98. The van der Waals surface area contributed by atoms with Crippen molar-refractivity contribution in [1.82, 2.24) is 19.6 Å². The van der Waals surface area contributed by atoms with Gasteiger partial charge in [0.1, 0.15) is 11.5 Å². The number of amides is 1. The van der Waals surface area contributed by atoms with Crippen LogP contribution in [0.2, 0.25) is 5.02 Å². The van der Waals surface area contributed by atoms with Gasteiger partial charge in [-0.1, -0.05) is 17.7 Å². The summed E-state index contributed by atoms with van der Waals surface area (Å²) in [5.41, 5.74) is 0.222. The van der Waals surface area contributed by atoms with Crippen LogP contribution in [-0.4, -0.2) is 25.5 Å². The van der Waals surface area contributed by atoms with Crippen LogP contribution >= 0.6 is 11.6 Å². The van der Waals surface area contributed by atoms with Crippen LogP contribution in [0.3, 0.4) is 0 Å². The van der Waals surface area contributed by atoms with E-state index in [9.17, 15) is 18.0 Å². The fraction of sp³-hybridized carbons (Fsp3) is 0.133. The minimum absolute atomic E-state index is 0.0519. The number of aromatic nitrogens is 4. The zero-order valence-electron chi connectivity index (χ0n) is 12.5. The maximum absolute atomic E-state index is 13.8. The molecule has 6 nitrogen and oxygen atoms in total. The molecule has 130 valence electrons. The van der Waals surface area contributed by atoms with Gasteiger partial charge in [0.25, 0.3) is 5.91 Å². The Hall–Kier alpha value is -2.81. The second-order valence-corrected chi connectivity index (χ2v) is 5.43. The molecule has 0 unspecified atom stereocenters. The molecule has 1 N–H and O–H groups in total. The normalized spacial score (nSPS) is 11.1. The molecule has 2 heterocycles. The Morgan fingerprint density at radius 1 is 1.28 bits per heavy atom. The summed E-state index contributed by atoms with van der Waals surface area (Å²) in [5.74, 6) is -1.24. The van der Waals surface area contributed by atoms with Crippen molar-refractivity contribution >= 4 is 23.2 Å². The van der Waals surface area contributed by atoms with Gasteiger partial charge in [0.15, 0.2) is 0 Å². The average Bonchev–Trinajstić information content (AvgIpc) is 3.20. The number of nitrogens with one attached hydrogen (secondary N) is 1. The predicted molar refractivity (Wildman–Crippen MR) is 84.2 cm³/mol. The number of carbonyl (C=O) groups is 1. The van der Waals surface area contributed by atoms with Gasteiger partial charge in [-0.2, -0.15) is 23.7 Å². The molecule has 0 radical (unpaired) electrons. The van der Waals surface area contributed by atoms with Crippen LogP contribution in [0.4, 0.5) is 18.9 Å². The number of nitrogens with zero attached hydrogens (tertiary/aromatic N) is 4. The lowest BCUT2D eigenvalue weighted by molar-refractivity contribution is 0.0520. The van der Waals surface area contributed by atoms with Crippen molar-refractivity contribution in [3.05, 3.63) is 65.0 Å². The van der Waals surface area contributed by atoms with Crippen LogP contribution in [0.25, 0.3) is 0 Å². The molecule has 0 bridgehead atoms. The van der Waals surface area contributed by atoms with Gasteiger partial charge < -0.3 is 5.32 Å². The van der Waals surface area contributed by atoms with E-state index in [1.54, 1.807) is 6.07 Å². The van der Waals surface area contributed by atoms with E-state index in [4.69, 9.17) is 11.6 Å². The molecule has 0 aliphatic carbocycles. The van der Waals surface area contributed by atoms with E-state index < -0.39 is 18.3 Å². The third-order valence-electron chi connectivity index (χ3n) is 3.36. The van der Waals surface area contributed by atoms with Gasteiger partial charge in [-0.15, -0.1) is 0 Å². The van der Waals surface area contributed by atoms with Gasteiger partial charge in [0.05, 0.1) is 18.4 Å². The summed E-state index contributed by atoms with van der Waals surface area (Å²) in [5, 5.41) is 10.1. The molecule has 0 aliphatic rings. The summed E-state index contributed by atoms with van der Waals surface area (Å²) in [6.07, 6.45) is 3.85. The van der Waals surface area contributed by atoms with Gasteiger partial charge in [-0.3, -0.25) is 9.48 Å². The van der Waals surface area contributed by atoms with Gasteiger partial charge in [0.2, 0.25) is 0 Å². The molecule has 3 aromatic rings. The fourth-order valence-corrected chi connectivity index (χ4v) is 2.43. The lowest BCUT2D eigenvalue weighted by atomic mass is 10.2. The van der Waals surface area contributed by atoms with E-state index in [1.807, 2.05) is 0 Å². The summed E-state index contributed by atoms with van der Waals surface area (Å²) in [6.45, 7) is -2.88. The summed E-state index contributed by atoms with van der Waals surface area (Å²) < 4.78 is 40.9. The highest BCUT2D eigenvalue weighted by Gasteiger charge is 2.18. The van der Waals surface area contributed by atoms with Gasteiger partial charge in [0, 0.05) is 23.0 Å². The Morgan fingerprint density at radius 3 is 2.80 bits per heavy atom. The summed E-state index contributed by atoms with van der Waals surface area (Å²) in [6, 6.07) is 5.49. The van der Waals surface area contributed by atoms with Crippen LogP contribution in [0.5, 0.6) is 0 Å². The highest BCUT2D eigenvalue weighted by molar-refractivity contribution is 6.31. The number of hydrogen-bond donors (Lipinski definition) is 1. The molecule has 25 heavy (non-hydrogen) atoms. The number of halogens is 4. The summed E-state index contributed by atoms with van der Waals surface area (Å²) in [7, 11) is 0. The maximum Gasteiger partial charge on any atom is 0.333 e. The van der Waals surface area contributed by atoms with E-state index in [-0.39, 0.29) is 28.5 Å². The number of alkyl halides is 2. The lowest BCUT2D eigenvalue weighted by Gasteiger charge is -2.06. The smallest absolute Gasteiger partial charge is 0.318 e. The molecule has 2 aromatic heterocycles. The summed E-state index contributed by atoms with van der Waals surface area (Å²) >= 11 is 5.95. The molecule has 10 heteroatoms.